The Morgan fingerprint density at radius 2 is 1.88 bits per heavy atom. The van der Waals surface area contributed by atoms with Crippen LogP contribution in [0.25, 0.3) is 0 Å². The lowest BCUT2D eigenvalue weighted by Crippen LogP contribution is -2.57. The van der Waals surface area contributed by atoms with Gasteiger partial charge in [-0.25, -0.2) is 4.79 Å². The van der Waals surface area contributed by atoms with E-state index in [1.54, 1.807) is 6.92 Å². The molecule has 5 N–H and O–H groups in total. The number of likely N-dealkylation sites (tertiary alicyclic amines) is 1. The van der Waals surface area contributed by atoms with E-state index in [4.69, 9.17) is 28.1 Å². The van der Waals surface area contributed by atoms with E-state index in [9.17, 15) is 9.59 Å². The summed E-state index contributed by atoms with van der Waals surface area (Å²) in [4.78, 5) is 28.0. The summed E-state index contributed by atoms with van der Waals surface area (Å²) in [7, 11) is 0. The Balaban J connectivity index is 2.01. The highest BCUT2D eigenvalue weighted by Crippen LogP contribution is 2.32. The first-order valence-electron chi connectivity index (χ1n) is 12.5. The van der Waals surface area contributed by atoms with Crippen LogP contribution in [0.5, 0.6) is 0 Å². The van der Waals surface area contributed by atoms with E-state index in [2.05, 4.69) is 31.4 Å². The molecule has 1 aliphatic heterocycles. The molecule has 2 atom stereocenters. The molecule has 0 aromatic rings. The molecule has 1 aliphatic carbocycles. The molecule has 33 heavy (non-hydrogen) atoms. The Bertz CT molecular complexity index is 706. The number of rotatable bonds is 10. The van der Waals surface area contributed by atoms with Crippen LogP contribution in [-0.2, 0) is 9.53 Å². The molecule has 1 heterocycles. The quantitative estimate of drug-likeness (QED) is 0.215. The van der Waals surface area contributed by atoms with Gasteiger partial charge in [0.2, 0.25) is 5.91 Å². The summed E-state index contributed by atoms with van der Waals surface area (Å²) in [5.74, 6) is 0.902. The van der Waals surface area contributed by atoms with Crippen LogP contribution in [0.2, 0.25) is 0 Å². The number of nitrogens with zero attached hydrogens (tertiary/aromatic N) is 1. The van der Waals surface area contributed by atoms with Gasteiger partial charge in [-0.05, 0) is 63.2 Å². The van der Waals surface area contributed by atoms with Crippen LogP contribution in [0.4, 0.5) is 4.79 Å². The van der Waals surface area contributed by atoms with Crippen LogP contribution in [0, 0.1) is 22.7 Å². The molecule has 188 valence electrons. The van der Waals surface area contributed by atoms with Gasteiger partial charge in [-0.15, -0.1) is 0 Å². The van der Waals surface area contributed by atoms with Crippen molar-refractivity contribution < 1.29 is 14.3 Å². The van der Waals surface area contributed by atoms with Crippen molar-refractivity contribution in [3.63, 3.8) is 0 Å². The van der Waals surface area contributed by atoms with Crippen LogP contribution in [0.15, 0.2) is 0 Å². The van der Waals surface area contributed by atoms with Crippen LogP contribution in [0.3, 0.4) is 0 Å². The van der Waals surface area contributed by atoms with Crippen molar-refractivity contribution in [3.05, 3.63) is 0 Å². The molecular weight excluding hydrogens is 438 g/mol. The third kappa shape index (κ3) is 7.55. The van der Waals surface area contributed by atoms with Gasteiger partial charge in [-0.3, -0.25) is 10.2 Å². The molecule has 2 aliphatic rings. The number of carbonyl (C=O) groups excluding carboxylic acids is 2. The van der Waals surface area contributed by atoms with E-state index in [1.165, 1.54) is 0 Å². The Morgan fingerprint density at radius 1 is 1.21 bits per heavy atom. The second-order valence-electron chi connectivity index (χ2n) is 10.1. The molecule has 2 rings (SSSR count). The molecule has 0 aromatic heterocycles. The SMILES string of the molecule is CCCC(C)(C)[C@H](NC(=O)OCC)C(=S)N1CCC[C@H]1C(=O)NCC1CCC(C(=N)N)CC1. The lowest BCUT2D eigenvalue weighted by molar-refractivity contribution is -0.124. The van der Waals surface area contributed by atoms with Gasteiger partial charge < -0.3 is 26.0 Å². The fourth-order valence-electron chi connectivity index (χ4n) is 5.18. The van der Waals surface area contributed by atoms with Crippen LogP contribution in [-0.4, -0.2) is 59.5 Å². The van der Waals surface area contributed by atoms with Crippen molar-refractivity contribution in [2.45, 2.75) is 91.1 Å². The first kappa shape index (κ1) is 27.3. The highest BCUT2D eigenvalue weighted by Gasteiger charge is 2.41. The van der Waals surface area contributed by atoms with Gasteiger partial charge in [0.05, 0.1) is 18.5 Å². The van der Waals surface area contributed by atoms with Gasteiger partial charge in [-0.2, -0.15) is 0 Å². The van der Waals surface area contributed by atoms with Gasteiger partial charge in [0, 0.05) is 19.0 Å². The minimum Gasteiger partial charge on any atom is -0.450 e. The Morgan fingerprint density at radius 3 is 2.45 bits per heavy atom. The first-order chi connectivity index (χ1) is 15.6. The molecule has 0 unspecified atom stereocenters. The largest absolute Gasteiger partial charge is 0.450 e. The van der Waals surface area contributed by atoms with Crippen molar-refractivity contribution in [1.29, 1.82) is 5.41 Å². The van der Waals surface area contributed by atoms with E-state index in [-0.39, 0.29) is 35.2 Å². The third-order valence-corrected chi connectivity index (χ3v) is 7.62. The predicted molar refractivity (Wildman–Crippen MR) is 135 cm³/mol. The van der Waals surface area contributed by atoms with E-state index >= 15 is 0 Å². The summed E-state index contributed by atoms with van der Waals surface area (Å²) >= 11 is 5.89. The highest BCUT2D eigenvalue weighted by atomic mass is 32.1. The van der Waals surface area contributed by atoms with Gasteiger partial charge in [0.25, 0.3) is 0 Å². The normalized spacial score (nSPS) is 24.1. The summed E-state index contributed by atoms with van der Waals surface area (Å²) < 4.78 is 5.13. The Labute approximate surface area is 204 Å². The number of hydrogen-bond donors (Lipinski definition) is 4. The number of alkyl carbamates (subject to hydrolysis) is 1. The third-order valence-electron chi connectivity index (χ3n) is 7.15. The zero-order valence-corrected chi connectivity index (χ0v) is 21.6. The monoisotopic (exact) mass is 481 g/mol. The Kier molecular flexibility index (Phi) is 10.4. The van der Waals surface area contributed by atoms with E-state index < -0.39 is 6.09 Å². The van der Waals surface area contributed by atoms with Crippen LogP contribution < -0.4 is 16.4 Å². The molecule has 1 saturated heterocycles. The van der Waals surface area contributed by atoms with Crippen molar-refractivity contribution in [3.8, 4) is 0 Å². The maximum absolute atomic E-state index is 13.1. The number of hydrogen-bond acceptors (Lipinski definition) is 5. The number of amidine groups is 1. The maximum Gasteiger partial charge on any atom is 0.407 e. The van der Waals surface area contributed by atoms with Gasteiger partial charge in [0.15, 0.2) is 0 Å². The average Bonchev–Trinajstić information content (AvgIpc) is 3.26. The smallest absolute Gasteiger partial charge is 0.407 e. The minimum atomic E-state index is -0.476. The fourth-order valence-corrected chi connectivity index (χ4v) is 5.78. The van der Waals surface area contributed by atoms with Crippen molar-refractivity contribution in [2.24, 2.45) is 23.0 Å². The highest BCUT2D eigenvalue weighted by molar-refractivity contribution is 7.80. The lowest BCUT2D eigenvalue weighted by Gasteiger charge is -2.39. The van der Waals surface area contributed by atoms with Crippen LogP contribution >= 0.6 is 12.2 Å². The summed E-state index contributed by atoms with van der Waals surface area (Å²) in [5.41, 5.74) is 5.38. The number of carbonyl (C=O) groups is 2. The second-order valence-corrected chi connectivity index (χ2v) is 10.6. The number of nitrogens with two attached hydrogens (primary N) is 1. The minimum absolute atomic E-state index is 0.00623. The maximum atomic E-state index is 13.1. The second kappa shape index (κ2) is 12.5. The first-order valence-corrected chi connectivity index (χ1v) is 12.9. The van der Waals surface area contributed by atoms with Crippen molar-refractivity contribution >= 4 is 35.0 Å². The molecule has 0 aromatic carbocycles. The number of ether oxygens (including phenoxy) is 1. The molecule has 0 bridgehead atoms. The van der Waals surface area contributed by atoms with Gasteiger partial charge in [0.1, 0.15) is 11.0 Å². The number of nitrogens with one attached hydrogen (secondary N) is 3. The molecule has 1 saturated carbocycles. The number of thiocarbonyl (C=S) groups is 1. The van der Waals surface area contributed by atoms with Crippen molar-refractivity contribution in [2.75, 3.05) is 19.7 Å². The Hall–Kier alpha value is -1.90. The lowest BCUT2D eigenvalue weighted by atomic mass is 9.79. The number of amides is 2. The molecule has 0 spiro atoms. The van der Waals surface area contributed by atoms with E-state index in [1.807, 2.05) is 4.90 Å². The zero-order valence-electron chi connectivity index (χ0n) is 20.7. The summed E-state index contributed by atoms with van der Waals surface area (Å²) in [6, 6.07) is -0.697. The topological polar surface area (TPSA) is 121 Å². The van der Waals surface area contributed by atoms with Crippen LogP contribution in [0.1, 0.15) is 79.1 Å². The molecule has 9 heteroatoms. The van der Waals surface area contributed by atoms with Crippen molar-refractivity contribution in [1.82, 2.24) is 15.5 Å². The summed E-state index contributed by atoms with van der Waals surface area (Å²) in [6.07, 6.45) is 6.82. The van der Waals surface area contributed by atoms with E-state index in [0.717, 1.165) is 51.4 Å². The van der Waals surface area contributed by atoms with Gasteiger partial charge >= 0.3 is 6.09 Å². The predicted octanol–water partition coefficient (Wildman–Crippen LogP) is 3.58. The molecule has 2 fully saturated rings. The van der Waals surface area contributed by atoms with E-state index in [0.29, 0.717) is 30.6 Å². The molecule has 0 radical (unpaired) electrons. The summed E-state index contributed by atoms with van der Waals surface area (Å²) in [5, 5.41) is 13.7. The summed E-state index contributed by atoms with van der Waals surface area (Å²) in [6.45, 7) is 9.74. The fraction of sp³-hybridized carbons (Fsp3) is 0.833. The van der Waals surface area contributed by atoms with Gasteiger partial charge in [-0.1, -0.05) is 39.4 Å². The molecule has 2 amide bonds. The molecular formula is C24H43N5O3S. The zero-order chi connectivity index (χ0) is 24.6. The standard InChI is InChI=1S/C24H43N5O3S/c1-5-13-24(3,4)19(28-23(31)32-6-2)22(33)29-14-7-8-18(29)21(30)27-15-16-9-11-17(12-10-16)20(25)26/h16-19H,5-15H2,1-4H3,(H3,25,26)(H,27,30)(H,28,31)/t16?,17?,18-,19+/m0/s1. The molecule has 8 nitrogen and oxygen atoms in total. The average molecular weight is 482 g/mol.